The second kappa shape index (κ2) is 7.59. The summed E-state index contributed by atoms with van der Waals surface area (Å²) in [5, 5.41) is 0. The summed E-state index contributed by atoms with van der Waals surface area (Å²) in [6, 6.07) is 0. The van der Waals surface area contributed by atoms with Crippen LogP contribution >= 0.6 is 0 Å². The van der Waals surface area contributed by atoms with Gasteiger partial charge in [0.15, 0.2) is 0 Å². The van der Waals surface area contributed by atoms with Crippen LogP contribution < -0.4 is 0 Å². The Morgan fingerprint density at radius 3 is 2.45 bits per heavy atom. The molecule has 0 saturated heterocycles. The molecule has 0 saturated carbocycles. The van der Waals surface area contributed by atoms with Gasteiger partial charge in [0.2, 0.25) is 0 Å². The summed E-state index contributed by atoms with van der Waals surface area (Å²) in [5.74, 6) is 0. The molecule has 0 fully saturated rings. The van der Waals surface area contributed by atoms with Gasteiger partial charge in [-0.1, -0.05) is 38.0 Å². The first-order valence-corrected chi connectivity index (χ1v) is 4.63. The number of hydrogen-bond donors (Lipinski definition) is 0. The van der Waals surface area contributed by atoms with Crippen molar-refractivity contribution in [2.45, 2.75) is 46.0 Å². The molecule has 0 nitrogen and oxygen atoms in total. The van der Waals surface area contributed by atoms with Gasteiger partial charge in [-0.2, -0.15) is 0 Å². The van der Waals surface area contributed by atoms with Crippen LogP contribution in [-0.2, 0) is 0 Å². The fraction of sp³-hybridized carbons (Fsp3) is 0.636. The molecule has 64 valence electrons. The molecule has 0 unspecified atom stereocenters. The van der Waals surface area contributed by atoms with E-state index in [2.05, 4.69) is 26.5 Å². The van der Waals surface area contributed by atoms with E-state index in [0.717, 1.165) is 6.42 Å². The molecule has 0 aliphatic rings. The average Bonchev–Trinajstić information content (AvgIpc) is 2.05. The van der Waals surface area contributed by atoms with Crippen molar-refractivity contribution >= 4 is 0 Å². The Morgan fingerprint density at radius 1 is 1.27 bits per heavy atom. The van der Waals surface area contributed by atoms with Crippen molar-refractivity contribution < 1.29 is 0 Å². The lowest BCUT2D eigenvalue weighted by molar-refractivity contribution is 0.870. The standard InChI is InChI=1S/C11H20/c1-4-7-9-11(6-3)10-8-5-2/h4,10H,1,5-9H2,2-3H3. The predicted octanol–water partition coefficient (Wildman–Crippen LogP) is 4.09. The fourth-order valence-electron chi connectivity index (χ4n) is 1.06. The van der Waals surface area contributed by atoms with Gasteiger partial charge in [0.05, 0.1) is 0 Å². The van der Waals surface area contributed by atoms with Crippen molar-refractivity contribution in [1.29, 1.82) is 0 Å². The van der Waals surface area contributed by atoms with Gasteiger partial charge in [-0.05, 0) is 25.7 Å². The molecule has 0 rings (SSSR count). The minimum Gasteiger partial charge on any atom is -0.103 e. The first-order chi connectivity index (χ1) is 5.35. The highest BCUT2D eigenvalue weighted by Gasteiger charge is 1.90. The lowest BCUT2D eigenvalue weighted by Crippen LogP contribution is -1.80. The maximum absolute atomic E-state index is 3.72. The van der Waals surface area contributed by atoms with Crippen LogP contribution in [0.15, 0.2) is 24.3 Å². The maximum atomic E-state index is 3.72. The molecule has 0 heteroatoms. The van der Waals surface area contributed by atoms with Crippen LogP contribution in [0.4, 0.5) is 0 Å². The third kappa shape index (κ3) is 5.90. The third-order valence-corrected chi connectivity index (χ3v) is 1.85. The van der Waals surface area contributed by atoms with E-state index in [1.165, 1.54) is 25.7 Å². The quantitative estimate of drug-likeness (QED) is 0.503. The predicted molar refractivity (Wildman–Crippen MR) is 52.7 cm³/mol. The SMILES string of the molecule is C=CCCC(=CCCC)CC. The van der Waals surface area contributed by atoms with E-state index in [0.29, 0.717) is 0 Å². The molecule has 0 atom stereocenters. The van der Waals surface area contributed by atoms with Crippen LogP contribution in [0, 0.1) is 0 Å². The molecule has 0 spiro atoms. The van der Waals surface area contributed by atoms with Crippen LogP contribution in [0.2, 0.25) is 0 Å². The number of hydrogen-bond acceptors (Lipinski definition) is 0. The van der Waals surface area contributed by atoms with E-state index < -0.39 is 0 Å². The molecule has 0 N–H and O–H groups in total. The van der Waals surface area contributed by atoms with Crippen molar-refractivity contribution in [2.75, 3.05) is 0 Å². The lowest BCUT2D eigenvalue weighted by Gasteiger charge is -2.00. The van der Waals surface area contributed by atoms with E-state index in [4.69, 9.17) is 0 Å². The van der Waals surface area contributed by atoms with Crippen LogP contribution in [0.5, 0.6) is 0 Å². The van der Waals surface area contributed by atoms with Gasteiger partial charge in [0.1, 0.15) is 0 Å². The summed E-state index contributed by atoms with van der Waals surface area (Å²) in [6.45, 7) is 8.17. The number of allylic oxidation sites excluding steroid dienone is 3. The summed E-state index contributed by atoms with van der Waals surface area (Å²) in [4.78, 5) is 0. The highest BCUT2D eigenvalue weighted by molar-refractivity contribution is 5.01. The topological polar surface area (TPSA) is 0 Å². The molecule has 0 amide bonds. The van der Waals surface area contributed by atoms with Crippen LogP contribution in [0.25, 0.3) is 0 Å². The van der Waals surface area contributed by atoms with Crippen molar-refractivity contribution in [3.63, 3.8) is 0 Å². The minimum atomic E-state index is 1.13. The first kappa shape index (κ1) is 10.5. The van der Waals surface area contributed by atoms with Gasteiger partial charge >= 0.3 is 0 Å². The highest BCUT2D eigenvalue weighted by Crippen LogP contribution is 2.11. The Balaban J connectivity index is 3.63. The van der Waals surface area contributed by atoms with Crippen LogP contribution in [-0.4, -0.2) is 0 Å². The van der Waals surface area contributed by atoms with E-state index in [-0.39, 0.29) is 0 Å². The van der Waals surface area contributed by atoms with Gasteiger partial charge in [0.25, 0.3) is 0 Å². The Kier molecular flexibility index (Phi) is 7.23. The monoisotopic (exact) mass is 152 g/mol. The Hall–Kier alpha value is -0.520. The molecule has 0 aromatic heterocycles. The largest absolute Gasteiger partial charge is 0.103 e. The molecule has 0 aromatic carbocycles. The molecule has 11 heavy (non-hydrogen) atoms. The van der Waals surface area contributed by atoms with E-state index in [1.54, 1.807) is 5.57 Å². The van der Waals surface area contributed by atoms with Gasteiger partial charge in [0, 0.05) is 0 Å². The molecule has 0 radical (unpaired) electrons. The van der Waals surface area contributed by atoms with Crippen molar-refractivity contribution in [2.24, 2.45) is 0 Å². The van der Waals surface area contributed by atoms with Crippen molar-refractivity contribution in [3.8, 4) is 0 Å². The minimum absolute atomic E-state index is 1.13. The van der Waals surface area contributed by atoms with Gasteiger partial charge in [-0.25, -0.2) is 0 Å². The summed E-state index contributed by atoms with van der Waals surface area (Å²) in [5.41, 5.74) is 1.59. The summed E-state index contributed by atoms with van der Waals surface area (Å²) in [7, 11) is 0. The maximum Gasteiger partial charge on any atom is -0.0286 e. The first-order valence-electron chi connectivity index (χ1n) is 4.63. The molecule has 0 aliphatic carbocycles. The van der Waals surface area contributed by atoms with Gasteiger partial charge in [-0.3, -0.25) is 0 Å². The molecular weight excluding hydrogens is 132 g/mol. The normalized spacial score (nSPS) is 11.6. The molecule has 0 bridgehead atoms. The average molecular weight is 152 g/mol. The third-order valence-electron chi connectivity index (χ3n) is 1.85. The Labute approximate surface area is 71.0 Å². The van der Waals surface area contributed by atoms with Crippen LogP contribution in [0.1, 0.15) is 46.0 Å². The Bertz CT molecular complexity index is 120. The molecule has 0 aromatic rings. The van der Waals surface area contributed by atoms with E-state index in [9.17, 15) is 0 Å². The van der Waals surface area contributed by atoms with Crippen LogP contribution in [0.3, 0.4) is 0 Å². The second-order valence-corrected chi connectivity index (χ2v) is 2.83. The van der Waals surface area contributed by atoms with Crippen molar-refractivity contribution in [3.05, 3.63) is 24.3 Å². The zero-order chi connectivity index (χ0) is 8.53. The van der Waals surface area contributed by atoms with E-state index in [1.807, 2.05) is 6.08 Å². The molecule has 0 aliphatic heterocycles. The second-order valence-electron chi connectivity index (χ2n) is 2.83. The number of unbranched alkanes of at least 4 members (excludes halogenated alkanes) is 1. The van der Waals surface area contributed by atoms with E-state index >= 15 is 0 Å². The molecular formula is C11H20. The summed E-state index contributed by atoms with van der Waals surface area (Å²) >= 11 is 0. The van der Waals surface area contributed by atoms with Gasteiger partial charge < -0.3 is 0 Å². The number of rotatable bonds is 6. The summed E-state index contributed by atoms with van der Waals surface area (Å²) < 4.78 is 0. The Morgan fingerprint density at radius 2 is 2.00 bits per heavy atom. The zero-order valence-electron chi connectivity index (χ0n) is 7.90. The highest BCUT2D eigenvalue weighted by atomic mass is 14.0. The lowest BCUT2D eigenvalue weighted by atomic mass is 10.1. The van der Waals surface area contributed by atoms with Gasteiger partial charge in [-0.15, -0.1) is 6.58 Å². The van der Waals surface area contributed by atoms with Crippen molar-refractivity contribution in [1.82, 2.24) is 0 Å². The zero-order valence-corrected chi connectivity index (χ0v) is 7.90. The molecule has 0 heterocycles. The summed E-state index contributed by atoms with van der Waals surface area (Å²) in [6.07, 6.45) is 10.4. The smallest absolute Gasteiger partial charge is 0.0286 e. The fourth-order valence-corrected chi connectivity index (χ4v) is 1.06.